The number of pyridine rings is 1. The highest BCUT2D eigenvalue weighted by Gasteiger charge is 2.17. The predicted octanol–water partition coefficient (Wildman–Crippen LogP) is 2.89. The Morgan fingerprint density at radius 2 is 1.97 bits per heavy atom. The maximum absolute atomic E-state index is 12.6. The van der Waals surface area contributed by atoms with Gasteiger partial charge in [-0.1, -0.05) is 19.3 Å². The van der Waals surface area contributed by atoms with Crippen LogP contribution in [0, 0.1) is 5.92 Å². The highest BCUT2D eigenvalue weighted by molar-refractivity contribution is 6.06. The molecule has 31 heavy (non-hydrogen) atoms. The van der Waals surface area contributed by atoms with Crippen molar-refractivity contribution in [3.05, 3.63) is 24.4 Å². The molecule has 4 rings (SSSR count). The fourth-order valence-corrected chi connectivity index (χ4v) is 4.38. The van der Waals surface area contributed by atoms with Gasteiger partial charge in [0, 0.05) is 18.5 Å². The van der Waals surface area contributed by atoms with Crippen molar-refractivity contribution in [1.29, 1.82) is 0 Å². The number of fused-ring (bicyclic) bond motifs is 3. The summed E-state index contributed by atoms with van der Waals surface area (Å²) in [6.45, 7) is 2.55. The van der Waals surface area contributed by atoms with Crippen molar-refractivity contribution in [3.63, 3.8) is 0 Å². The summed E-state index contributed by atoms with van der Waals surface area (Å²) in [5, 5.41) is 12.5. The molecular formula is C23H31N5O3. The highest BCUT2D eigenvalue weighted by Crippen LogP contribution is 2.32. The van der Waals surface area contributed by atoms with Gasteiger partial charge in [-0.15, -0.1) is 0 Å². The first-order chi connectivity index (χ1) is 15.2. The van der Waals surface area contributed by atoms with E-state index in [2.05, 4.69) is 20.7 Å². The Bertz CT molecular complexity index is 1040. The summed E-state index contributed by atoms with van der Waals surface area (Å²) in [6.07, 6.45) is 8.41. The Morgan fingerprint density at radius 3 is 2.74 bits per heavy atom. The van der Waals surface area contributed by atoms with E-state index in [1.54, 1.807) is 25.1 Å². The van der Waals surface area contributed by atoms with Crippen LogP contribution in [-0.4, -0.2) is 54.5 Å². The molecule has 8 heteroatoms. The lowest BCUT2D eigenvalue weighted by molar-refractivity contribution is -0.121. The van der Waals surface area contributed by atoms with E-state index < -0.39 is 0 Å². The van der Waals surface area contributed by atoms with E-state index in [1.807, 2.05) is 18.2 Å². The number of carbonyl (C=O) groups is 1. The van der Waals surface area contributed by atoms with Gasteiger partial charge in [-0.2, -0.15) is 5.10 Å². The van der Waals surface area contributed by atoms with Crippen LogP contribution in [0.1, 0.15) is 32.1 Å². The summed E-state index contributed by atoms with van der Waals surface area (Å²) in [6, 6.07) is 5.65. The number of ether oxygens (including phenoxy) is 2. The number of nitrogens with zero attached hydrogens (tertiary/aromatic N) is 3. The van der Waals surface area contributed by atoms with Crippen LogP contribution >= 0.6 is 0 Å². The van der Waals surface area contributed by atoms with Crippen molar-refractivity contribution in [2.45, 2.75) is 38.6 Å². The lowest BCUT2D eigenvalue weighted by Crippen LogP contribution is -2.35. The number of nitrogens with one attached hydrogen (secondary N) is 2. The Morgan fingerprint density at radius 1 is 1.13 bits per heavy atom. The fourth-order valence-electron chi connectivity index (χ4n) is 4.38. The maximum Gasteiger partial charge on any atom is 0.241 e. The minimum Gasteiger partial charge on any atom is -0.497 e. The molecule has 1 aliphatic rings. The Kier molecular flexibility index (Phi) is 6.86. The first-order valence-electron chi connectivity index (χ1n) is 11.0. The maximum atomic E-state index is 12.6. The summed E-state index contributed by atoms with van der Waals surface area (Å²) in [7, 11) is 3.21. The molecule has 0 aliphatic heterocycles. The number of benzene rings is 1. The molecule has 0 bridgehead atoms. The molecule has 1 fully saturated rings. The Balaban J connectivity index is 1.41. The van der Waals surface area contributed by atoms with Crippen molar-refractivity contribution < 1.29 is 14.3 Å². The first-order valence-corrected chi connectivity index (χ1v) is 11.0. The van der Waals surface area contributed by atoms with Crippen LogP contribution in [0.4, 0.5) is 0 Å². The summed E-state index contributed by atoms with van der Waals surface area (Å²) in [4.78, 5) is 17.1. The van der Waals surface area contributed by atoms with E-state index in [-0.39, 0.29) is 12.5 Å². The number of aromatic nitrogens is 3. The van der Waals surface area contributed by atoms with Crippen LogP contribution in [0.5, 0.6) is 11.6 Å². The average molecular weight is 426 g/mol. The molecule has 2 N–H and O–H groups in total. The van der Waals surface area contributed by atoms with E-state index in [4.69, 9.17) is 9.47 Å². The van der Waals surface area contributed by atoms with E-state index >= 15 is 0 Å². The molecule has 2 aromatic heterocycles. The highest BCUT2D eigenvalue weighted by atomic mass is 16.5. The summed E-state index contributed by atoms with van der Waals surface area (Å²) in [5.41, 5.74) is 1.57. The third kappa shape index (κ3) is 4.90. The SMILES string of the molecule is COc1ccc2nc(OC)c3cnn(CC(=O)NCCNCC4CCCCC4)c3c2c1. The van der Waals surface area contributed by atoms with Crippen molar-refractivity contribution in [2.24, 2.45) is 5.92 Å². The quantitative estimate of drug-likeness (QED) is 0.513. The van der Waals surface area contributed by atoms with Crippen LogP contribution in [0.2, 0.25) is 0 Å². The second-order valence-electron chi connectivity index (χ2n) is 8.13. The summed E-state index contributed by atoms with van der Waals surface area (Å²) >= 11 is 0. The van der Waals surface area contributed by atoms with E-state index in [0.717, 1.165) is 46.6 Å². The van der Waals surface area contributed by atoms with Gasteiger partial charge in [-0.25, -0.2) is 4.98 Å². The largest absolute Gasteiger partial charge is 0.497 e. The van der Waals surface area contributed by atoms with Gasteiger partial charge >= 0.3 is 0 Å². The summed E-state index contributed by atoms with van der Waals surface area (Å²) < 4.78 is 12.5. The zero-order chi connectivity index (χ0) is 21.6. The molecule has 0 atom stereocenters. The normalized spacial score (nSPS) is 14.8. The van der Waals surface area contributed by atoms with Gasteiger partial charge in [0.2, 0.25) is 11.8 Å². The van der Waals surface area contributed by atoms with Crippen LogP contribution in [0.3, 0.4) is 0 Å². The third-order valence-corrected chi connectivity index (χ3v) is 6.02. The van der Waals surface area contributed by atoms with Crippen LogP contribution in [-0.2, 0) is 11.3 Å². The number of methoxy groups -OCH3 is 2. The molecule has 0 unspecified atom stereocenters. The molecule has 166 valence electrons. The molecular weight excluding hydrogens is 394 g/mol. The average Bonchev–Trinajstić information content (AvgIpc) is 3.22. The van der Waals surface area contributed by atoms with Gasteiger partial charge in [-0.3, -0.25) is 9.48 Å². The second kappa shape index (κ2) is 9.96. The van der Waals surface area contributed by atoms with Gasteiger partial charge in [0.15, 0.2) is 0 Å². The molecule has 1 amide bonds. The molecule has 1 saturated carbocycles. The number of carbonyl (C=O) groups excluding carboxylic acids is 1. The molecule has 1 aromatic carbocycles. The first kappa shape index (κ1) is 21.4. The van der Waals surface area contributed by atoms with Crippen LogP contribution in [0.25, 0.3) is 21.8 Å². The molecule has 3 aromatic rings. The molecule has 1 aliphatic carbocycles. The van der Waals surface area contributed by atoms with Gasteiger partial charge in [0.05, 0.1) is 36.8 Å². The Hall–Kier alpha value is -2.87. The van der Waals surface area contributed by atoms with Crippen LogP contribution < -0.4 is 20.1 Å². The lowest BCUT2D eigenvalue weighted by Gasteiger charge is -2.21. The number of hydrogen-bond acceptors (Lipinski definition) is 6. The van der Waals surface area contributed by atoms with E-state index in [0.29, 0.717) is 12.4 Å². The topological polar surface area (TPSA) is 90.3 Å². The van der Waals surface area contributed by atoms with E-state index in [9.17, 15) is 4.79 Å². The third-order valence-electron chi connectivity index (χ3n) is 6.02. The van der Waals surface area contributed by atoms with Gasteiger partial charge in [-0.05, 0) is 43.5 Å². The predicted molar refractivity (Wildman–Crippen MR) is 121 cm³/mol. The smallest absolute Gasteiger partial charge is 0.241 e. The summed E-state index contributed by atoms with van der Waals surface area (Å²) in [5.74, 6) is 1.93. The van der Waals surface area contributed by atoms with Crippen LogP contribution in [0.15, 0.2) is 24.4 Å². The fraction of sp³-hybridized carbons (Fsp3) is 0.522. The van der Waals surface area contributed by atoms with Gasteiger partial charge < -0.3 is 20.1 Å². The van der Waals surface area contributed by atoms with Crippen molar-refractivity contribution in [2.75, 3.05) is 33.9 Å². The zero-order valence-corrected chi connectivity index (χ0v) is 18.3. The number of hydrogen-bond donors (Lipinski definition) is 2. The lowest BCUT2D eigenvalue weighted by atomic mass is 9.89. The molecule has 0 saturated heterocycles. The van der Waals surface area contributed by atoms with Crippen molar-refractivity contribution in [3.8, 4) is 11.6 Å². The number of rotatable bonds is 9. The molecule has 0 spiro atoms. The van der Waals surface area contributed by atoms with Gasteiger partial charge in [0.25, 0.3) is 0 Å². The monoisotopic (exact) mass is 425 g/mol. The van der Waals surface area contributed by atoms with Crippen molar-refractivity contribution >= 4 is 27.7 Å². The molecule has 8 nitrogen and oxygen atoms in total. The zero-order valence-electron chi connectivity index (χ0n) is 18.3. The molecule has 2 heterocycles. The molecule has 0 radical (unpaired) electrons. The standard InChI is InChI=1S/C23H31N5O3/c1-30-17-8-9-20-18(12-17)22-19(23(27-20)31-2)14-26-28(22)15-21(29)25-11-10-24-13-16-6-4-3-5-7-16/h8-9,12,14,16,24H,3-7,10-11,13,15H2,1-2H3,(H,25,29). The van der Waals surface area contributed by atoms with Crippen molar-refractivity contribution in [1.82, 2.24) is 25.4 Å². The number of amides is 1. The van der Waals surface area contributed by atoms with Gasteiger partial charge in [0.1, 0.15) is 12.3 Å². The minimum absolute atomic E-state index is 0.0729. The second-order valence-corrected chi connectivity index (χ2v) is 8.13. The van der Waals surface area contributed by atoms with E-state index in [1.165, 1.54) is 32.1 Å². The minimum atomic E-state index is -0.0729. The Labute approximate surface area is 182 Å².